The lowest BCUT2D eigenvalue weighted by Gasteiger charge is -2.21. The lowest BCUT2D eigenvalue weighted by molar-refractivity contribution is 0.243. The standard InChI is InChI=1S/C21H21FN4O4S/c1-12(2)29-18-9-15-17(10-16(18)26(3)31(4,27)28)30-20(13-5-7-14(22)8-6-13)19(15)21-23-11-24-25-21/h5-12H,1-4H3,(H,23,24,25). The molecule has 0 aliphatic carbocycles. The van der Waals surface area contributed by atoms with Crippen LogP contribution < -0.4 is 9.04 Å². The number of aromatic amines is 1. The second-order valence-electron chi connectivity index (χ2n) is 7.36. The number of halogens is 1. The van der Waals surface area contributed by atoms with Crippen LogP contribution in [0.25, 0.3) is 33.7 Å². The average molecular weight is 444 g/mol. The van der Waals surface area contributed by atoms with Crippen molar-refractivity contribution in [3.8, 4) is 28.5 Å². The molecule has 10 heteroatoms. The Labute approximate surface area is 178 Å². The van der Waals surface area contributed by atoms with Gasteiger partial charge in [-0.3, -0.25) is 9.40 Å². The van der Waals surface area contributed by atoms with E-state index in [1.165, 1.54) is 25.5 Å². The van der Waals surface area contributed by atoms with E-state index in [4.69, 9.17) is 9.15 Å². The van der Waals surface area contributed by atoms with E-state index in [9.17, 15) is 12.8 Å². The first-order valence-corrected chi connectivity index (χ1v) is 11.3. The first kappa shape index (κ1) is 20.9. The van der Waals surface area contributed by atoms with Crippen LogP contribution in [0.4, 0.5) is 10.1 Å². The van der Waals surface area contributed by atoms with Gasteiger partial charge in [-0.2, -0.15) is 5.10 Å². The van der Waals surface area contributed by atoms with Crippen molar-refractivity contribution in [2.75, 3.05) is 17.6 Å². The molecule has 0 atom stereocenters. The zero-order valence-electron chi connectivity index (χ0n) is 17.4. The summed E-state index contributed by atoms with van der Waals surface area (Å²) in [5, 5.41) is 7.41. The first-order valence-electron chi connectivity index (χ1n) is 9.48. The van der Waals surface area contributed by atoms with Crippen molar-refractivity contribution in [1.82, 2.24) is 15.2 Å². The molecule has 0 radical (unpaired) electrons. The number of nitrogens with zero attached hydrogens (tertiary/aromatic N) is 3. The predicted octanol–water partition coefficient (Wildman–Crippen LogP) is 4.21. The maximum absolute atomic E-state index is 13.5. The molecule has 0 fully saturated rings. The van der Waals surface area contributed by atoms with E-state index in [-0.39, 0.29) is 11.9 Å². The molecule has 0 saturated heterocycles. The number of fused-ring (bicyclic) bond motifs is 1. The highest BCUT2D eigenvalue weighted by atomic mass is 32.2. The van der Waals surface area contributed by atoms with E-state index in [1.54, 1.807) is 24.3 Å². The van der Waals surface area contributed by atoms with E-state index < -0.39 is 10.0 Å². The lowest BCUT2D eigenvalue weighted by atomic mass is 10.0. The Morgan fingerprint density at radius 2 is 1.90 bits per heavy atom. The summed E-state index contributed by atoms with van der Waals surface area (Å²) >= 11 is 0. The number of ether oxygens (including phenoxy) is 1. The molecule has 1 N–H and O–H groups in total. The molecule has 2 aromatic heterocycles. The minimum absolute atomic E-state index is 0.193. The van der Waals surface area contributed by atoms with Crippen LogP contribution >= 0.6 is 0 Å². The van der Waals surface area contributed by atoms with Crippen LogP contribution in [-0.2, 0) is 10.0 Å². The number of anilines is 1. The zero-order chi connectivity index (χ0) is 22.3. The van der Waals surface area contributed by atoms with Crippen molar-refractivity contribution >= 4 is 26.7 Å². The van der Waals surface area contributed by atoms with Crippen molar-refractivity contribution in [3.63, 3.8) is 0 Å². The Balaban J connectivity index is 2.03. The third kappa shape index (κ3) is 3.98. The molecule has 0 saturated carbocycles. The summed E-state index contributed by atoms with van der Waals surface area (Å²) in [7, 11) is -2.10. The number of hydrogen-bond acceptors (Lipinski definition) is 6. The van der Waals surface area contributed by atoms with Crippen LogP contribution in [0, 0.1) is 5.82 Å². The van der Waals surface area contributed by atoms with Crippen molar-refractivity contribution in [1.29, 1.82) is 0 Å². The molecule has 162 valence electrons. The number of furan rings is 1. The molecule has 31 heavy (non-hydrogen) atoms. The van der Waals surface area contributed by atoms with Gasteiger partial charge < -0.3 is 9.15 Å². The van der Waals surface area contributed by atoms with Gasteiger partial charge in [-0.1, -0.05) is 0 Å². The topological polar surface area (TPSA) is 101 Å². The van der Waals surface area contributed by atoms with Crippen LogP contribution in [0.2, 0.25) is 0 Å². The van der Waals surface area contributed by atoms with Gasteiger partial charge in [0.05, 0.1) is 23.6 Å². The Kier molecular flexibility index (Phi) is 5.18. The van der Waals surface area contributed by atoms with Gasteiger partial charge in [0.2, 0.25) is 10.0 Å². The van der Waals surface area contributed by atoms with Crippen LogP contribution in [0.1, 0.15) is 13.8 Å². The number of sulfonamides is 1. The van der Waals surface area contributed by atoms with Crippen LogP contribution in [0.3, 0.4) is 0 Å². The van der Waals surface area contributed by atoms with Crippen molar-refractivity contribution < 1.29 is 22.0 Å². The molecule has 0 bridgehead atoms. The van der Waals surface area contributed by atoms with Crippen molar-refractivity contribution in [2.24, 2.45) is 0 Å². The second-order valence-corrected chi connectivity index (χ2v) is 9.37. The van der Waals surface area contributed by atoms with Crippen molar-refractivity contribution in [2.45, 2.75) is 20.0 Å². The molecule has 4 aromatic rings. The summed E-state index contributed by atoms with van der Waals surface area (Å²) in [6.45, 7) is 3.70. The van der Waals surface area contributed by atoms with E-state index in [2.05, 4.69) is 15.2 Å². The second kappa shape index (κ2) is 7.69. The monoisotopic (exact) mass is 444 g/mol. The Morgan fingerprint density at radius 3 is 2.48 bits per heavy atom. The molecule has 4 rings (SSSR count). The van der Waals surface area contributed by atoms with Crippen LogP contribution in [0.15, 0.2) is 47.1 Å². The van der Waals surface area contributed by atoms with Gasteiger partial charge in [-0.05, 0) is 44.2 Å². The molecular formula is C21H21FN4O4S. The minimum atomic E-state index is -3.54. The highest BCUT2D eigenvalue weighted by Gasteiger charge is 2.25. The molecule has 8 nitrogen and oxygen atoms in total. The third-order valence-corrected chi connectivity index (χ3v) is 5.92. The normalized spacial score (nSPS) is 11.9. The number of hydrogen-bond donors (Lipinski definition) is 1. The zero-order valence-corrected chi connectivity index (χ0v) is 18.2. The lowest BCUT2D eigenvalue weighted by Crippen LogP contribution is -2.25. The Morgan fingerprint density at radius 1 is 1.19 bits per heavy atom. The van der Waals surface area contributed by atoms with E-state index in [0.717, 1.165) is 10.6 Å². The number of rotatable bonds is 6. The first-order chi connectivity index (χ1) is 14.6. The molecule has 0 amide bonds. The summed E-state index contributed by atoms with van der Waals surface area (Å²) in [6, 6.07) is 9.21. The summed E-state index contributed by atoms with van der Waals surface area (Å²) in [6.07, 6.45) is 2.30. The number of aromatic nitrogens is 3. The van der Waals surface area contributed by atoms with E-state index >= 15 is 0 Å². The third-order valence-electron chi connectivity index (χ3n) is 4.73. The van der Waals surface area contributed by atoms with Gasteiger partial charge in [0.1, 0.15) is 29.2 Å². The van der Waals surface area contributed by atoms with E-state index in [1.807, 2.05) is 13.8 Å². The molecule has 0 aliphatic heterocycles. The highest BCUT2D eigenvalue weighted by molar-refractivity contribution is 7.92. The van der Waals surface area contributed by atoms with Gasteiger partial charge in [-0.15, -0.1) is 0 Å². The van der Waals surface area contributed by atoms with Gasteiger partial charge in [0.15, 0.2) is 5.82 Å². The van der Waals surface area contributed by atoms with Gasteiger partial charge >= 0.3 is 0 Å². The molecule has 0 aliphatic rings. The molecule has 2 aromatic carbocycles. The summed E-state index contributed by atoms with van der Waals surface area (Å²) in [5.74, 6) is 0.910. The highest BCUT2D eigenvalue weighted by Crippen LogP contribution is 2.44. The quantitative estimate of drug-likeness (QED) is 0.478. The fourth-order valence-corrected chi connectivity index (χ4v) is 3.75. The summed E-state index contributed by atoms with van der Waals surface area (Å²) < 4.78 is 51.1. The minimum Gasteiger partial charge on any atom is -0.489 e. The average Bonchev–Trinajstić information content (AvgIpc) is 3.33. The molecule has 2 heterocycles. The largest absolute Gasteiger partial charge is 0.489 e. The smallest absolute Gasteiger partial charge is 0.232 e. The number of benzene rings is 2. The fraction of sp³-hybridized carbons (Fsp3) is 0.238. The Hall–Kier alpha value is -3.40. The molecular weight excluding hydrogens is 423 g/mol. The van der Waals surface area contributed by atoms with Gasteiger partial charge in [-0.25, -0.2) is 17.8 Å². The Bertz CT molecular complexity index is 1330. The van der Waals surface area contributed by atoms with Crippen LogP contribution in [0.5, 0.6) is 5.75 Å². The summed E-state index contributed by atoms with van der Waals surface area (Å²) in [4.78, 5) is 4.25. The number of H-pyrrole nitrogens is 1. The van der Waals surface area contributed by atoms with Crippen molar-refractivity contribution in [3.05, 3.63) is 48.5 Å². The molecule has 0 unspecified atom stereocenters. The number of nitrogens with one attached hydrogen (secondary N) is 1. The van der Waals surface area contributed by atoms with E-state index in [0.29, 0.717) is 45.1 Å². The van der Waals surface area contributed by atoms with Gasteiger partial charge in [0.25, 0.3) is 0 Å². The van der Waals surface area contributed by atoms with Crippen LogP contribution in [-0.4, -0.2) is 43.0 Å². The predicted molar refractivity (Wildman–Crippen MR) is 116 cm³/mol. The SMILES string of the molecule is CC(C)Oc1cc2c(-c3ncn[nH]3)c(-c3ccc(F)cc3)oc2cc1N(C)S(C)(=O)=O. The fourth-order valence-electron chi connectivity index (χ4n) is 3.25. The maximum atomic E-state index is 13.5. The van der Waals surface area contributed by atoms with Gasteiger partial charge in [0, 0.05) is 24.1 Å². The summed E-state index contributed by atoms with van der Waals surface area (Å²) in [5.41, 5.74) is 2.01. The maximum Gasteiger partial charge on any atom is 0.232 e. The molecule has 0 spiro atoms.